The summed E-state index contributed by atoms with van der Waals surface area (Å²) in [5.41, 5.74) is 0. The maximum absolute atomic E-state index is 3.43. The highest BCUT2D eigenvalue weighted by Gasteiger charge is 2.15. The Balaban J connectivity index is 2.69. The Kier molecular flexibility index (Phi) is 3.87. The standard InChI is InChI=1S/C11H15BrS/c1-4-11(2,3)13-10-7-5-9(12)6-8-10/h5-8H,4H2,1-3H3. The van der Waals surface area contributed by atoms with Gasteiger partial charge in [0.2, 0.25) is 0 Å². The molecular formula is C11H15BrS. The van der Waals surface area contributed by atoms with Crippen LogP contribution in [0, 0.1) is 0 Å². The van der Waals surface area contributed by atoms with Crippen LogP contribution in [0.5, 0.6) is 0 Å². The van der Waals surface area contributed by atoms with Gasteiger partial charge < -0.3 is 0 Å². The maximum atomic E-state index is 3.43. The van der Waals surface area contributed by atoms with Crippen LogP contribution >= 0.6 is 27.7 Å². The van der Waals surface area contributed by atoms with E-state index in [1.807, 2.05) is 11.8 Å². The fourth-order valence-corrected chi connectivity index (χ4v) is 2.21. The van der Waals surface area contributed by atoms with Gasteiger partial charge in [-0.05, 0) is 30.7 Å². The Hall–Kier alpha value is 0.0500. The molecule has 0 atom stereocenters. The van der Waals surface area contributed by atoms with E-state index in [9.17, 15) is 0 Å². The van der Waals surface area contributed by atoms with Gasteiger partial charge in [-0.25, -0.2) is 0 Å². The van der Waals surface area contributed by atoms with Crippen molar-refractivity contribution in [2.75, 3.05) is 0 Å². The first-order chi connectivity index (χ1) is 6.03. The molecule has 0 bridgehead atoms. The van der Waals surface area contributed by atoms with E-state index in [1.54, 1.807) is 0 Å². The van der Waals surface area contributed by atoms with Gasteiger partial charge in [0.05, 0.1) is 0 Å². The molecule has 0 unspecified atom stereocenters. The van der Waals surface area contributed by atoms with Crippen LogP contribution in [0.1, 0.15) is 27.2 Å². The van der Waals surface area contributed by atoms with Gasteiger partial charge in [-0.2, -0.15) is 0 Å². The van der Waals surface area contributed by atoms with Crippen molar-refractivity contribution < 1.29 is 0 Å². The van der Waals surface area contributed by atoms with Crippen molar-refractivity contribution in [3.8, 4) is 0 Å². The van der Waals surface area contributed by atoms with Gasteiger partial charge in [0.1, 0.15) is 0 Å². The lowest BCUT2D eigenvalue weighted by atomic mass is 10.1. The van der Waals surface area contributed by atoms with E-state index in [2.05, 4.69) is 61.0 Å². The zero-order valence-corrected chi connectivity index (χ0v) is 10.7. The summed E-state index contributed by atoms with van der Waals surface area (Å²) in [5.74, 6) is 0. The molecule has 0 saturated heterocycles. The first kappa shape index (κ1) is 11.1. The molecule has 0 N–H and O–H groups in total. The summed E-state index contributed by atoms with van der Waals surface area (Å²) in [6.45, 7) is 6.78. The minimum Gasteiger partial charge on any atom is -0.120 e. The molecule has 13 heavy (non-hydrogen) atoms. The molecule has 0 amide bonds. The van der Waals surface area contributed by atoms with Gasteiger partial charge in [0, 0.05) is 14.1 Å². The molecule has 0 fully saturated rings. The molecule has 0 aliphatic heterocycles. The predicted molar refractivity (Wildman–Crippen MR) is 64.4 cm³/mol. The van der Waals surface area contributed by atoms with Gasteiger partial charge in [0.15, 0.2) is 0 Å². The van der Waals surface area contributed by atoms with Crippen molar-refractivity contribution in [2.45, 2.75) is 36.8 Å². The fourth-order valence-electron chi connectivity index (χ4n) is 0.894. The Morgan fingerprint density at radius 2 is 1.77 bits per heavy atom. The first-order valence-electron chi connectivity index (χ1n) is 4.48. The summed E-state index contributed by atoms with van der Waals surface area (Å²) < 4.78 is 1.49. The maximum Gasteiger partial charge on any atom is 0.0176 e. The molecule has 0 heterocycles. The van der Waals surface area contributed by atoms with Gasteiger partial charge in [-0.3, -0.25) is 0 Å². The molecule has 0 spiro atoms. The number of benzene rings is 1. The number of thioether (sulfide) groups is 1. The van der Waals surface area contributed by atoms with E-state index in [0.29, 0.717) is 4.75 Å². The summed E-state index contributed by atoms with van der Waals surface area (Å²) in [4.78, 5) is 1.34. The van der Waals surface area contributed by atoms with Crippen LogP contribution < -0.4 is 0 Å². The van der Waals surface area contributed by atoms with E-state index in [4.69, 9.17) is 0 Å². The minimum atomic E-state index is 0.341. The normalized spacial score (nSPS) is 11.7. The third-order valence-corrected chi connectivity index (χ3v) is 3.94. The molecule has 0 aromatic heterocycles. The SMILES string of the molecule is CCC(C)(C)Sc1ccc(Br)cc1. The van der Waals surface area contributed by atoms with E-state index in [0.717, 1.165) is 4.47 Å². The minimum absolute atomic E-state index is 0.341. The lowest BCUT2D eigenvalue weighted by molar-refractivity contribution is 0.684. The summed E-state index contributed by atoms with van der Waals surface area (Å²) in [7, 11) is 0. The molecule has 1 aromatic rings. The zero-order valence-electron chi connectivity index (χ0n) is 8.30. The topological polar surface area (TPSA) is 0 Å². The lowest BCUT2D eigenvalue weighted by Crippen LogP contribution is -2.11. The van der Waals surface area contributed by atoms with Crippen molar-refractivity contribution in [3.05, 3.63) is 28.7 Å². The highest BCUT2D eigenvalue weighted by Crippen LogP contribution is 2.34. The summed E-state index contributed by atoms with van der Waals surface area (Å²) in [6, 6.07) is 8.50. The highest BCUT2D eigenvalue weighted by molar-refractivity contribution is 9.10. The Morgan fingerprint density at radius 1 is 1.23 bits per heavy atom. The lowest BCUT2D eigenvalue weighted by Gasteiger charge is -2.21. The zero-order chi connectivity index (χ0) is 9.90. The molecule has 1 rings (SSSR count). The van der Waals surface area contributed by atoms with Crippen molar-refractivity contribution in [2.24, 2.45) is 0 Å². The van der Waals surface area contributed by atoms with Crippen molar-refractivity contribution in [1.82, 2.24) is 0 Å². The second kappa shape index (κ2) is 4.52. The number of halogens is 1. The van der Waals surface area contributed by atoms with Gasteiger partial charge in [0.25, 0.3) is 0 Å². The van der Waals surface area contributed by atoms with E-state index < -0.39 is 0 Å². The molecule has 2 heteroatoms. The van der Waals surface area contributed by atoms with Gasteiger partial charge >= 0.3 is 0 Å². The van der Waals surface area contributed by atoms with Gasteiger partial charge in [-0.1, -0.05) is 36.7 Å². The molecule has 72 valence electrons. The smallest absolute Gasteiger partial charge is 0.0176 e. The van der Waals surface area contributed by atoms with Crippen LogP contribution in [0.2, 0.25) is 0 Å². The molecule has 1 aromatic carbocycles. The van der Waals surface area contributed by atoms with Crippen molar-refractivity contribution in [1.29, 1.82) is 0 Å². The molecule has 0 aliphatic carbocycles. The number of hydrogen-bond donors (Lipinski definition) is 0. The van der Waals surface area contributed by atoms with Crippen molar-refractivity contribution >= 4 is 27.7 Å². The third kappa shape index (κ3) is 3.74. The highest BCUT2D eigenvalue weighted by atomic mass is 79.9. The average molecular weight is 259 g/mol. The third-order valence-electron chi connectivity index (χ3n) is 2.06. The summed E-state index contributed by atoms with van der Waals surface area (Å²) >= 11 is 5.37. The van der Waals surface area contributed by atoms with E-state index in [1.165, 1.54) is 11.3 Å². The Morgan fingerprint density at radius 3 is 2.23 bits per heavy atom. The van der Waals surface area contributed by atoms with Crippen LogP contribution in [0.3, 0.4) is 0 Å². The molecule has 0 aliphatic rings. The average Bonchev–Trinajstić information content (AvgIpc) is 2.09. The largest absolute Gasteiger partial charge is 0.120 e. The molecule has 0 radical (unpaired) electrons. The van der Waals surface area contributed by atoms with E-state index >= 15 is 0 Å². The fraction of sp³-hybridized carbons (Fsp3) is 0.455. The second-order valence-electron chi connectivity index (χ2n) is 3.67. The van der Waals surface area contributed by atoms with E-state index in [-0.39, 0.29) is 0 Å². The Labute approximate surface area is 93.2 Å². The van der Waals surface area contributed by atoms with Crippen LogP contribution in [0.15, 0.2) is 33.6 Å². The van der Waals surface area contributed by atoms with Crippen molar-refractivity contribution in [3.63, 3.8) is 0 Å². The predicted octanol–water partition coefficient (Wildman–Crippen LogP) is 4.73. The quantitative estimate of drug-likeness (QED) is 0.707. The monoisotopic (exact) mass is 258 g/mol. The number of rotatable bonds is 3. The number of hydrogen-bond acceptors (Lipinski definition) is 1. The van der Waals surface area contributed by atoms with Crippen LogP contribution in [0.25, 0.3) is 0 Å². The molecular weight excluding hydrogens is 244 g/mol. The summed E-state index contributed by atoms with van der Waals surface area (Å²) in [6.07, 6.45) is 1.19. The van der Waals surface area contributed by atoms with Crippen LogP contribution in [-0.4, -0.2) is 4.75 Å². The molecule has 0 nitrogen and oxygen atoms in total. The Bertz CT molecular complexity index is 264. The van der Waals surface area contributed by atoms with Crippen LogP contribution in [-0.2, 0) is 0 Å². The van der Waals surface area contributed by atoms with Gasteiger partial charge in [-0.15, -0.1) is 11.8 Å². The molecule has 0 saturated carbocycles. The van der Waals surface area contributed by atoms with Crippen LogP contribution in [0.4, 0.5) is 0 Å². The first-order valence-corrected chi connectivity index (χ1v) is 6.09. The second-order valence-corrected chi connectivity index (χ2v) is 6.37. The summed E-state index contributed by atoms with van der Waals surface area (Å²) in [5, 5.41) is 0.